The second-order valence-electron chi connectivity index (χ2n) is 5.59. The van der Waals surface area contributed by atoms with Crippen LogP contribution in [0.15, 0.2) is 33.8 Å². The highest BCUT2D eigenvalue weighted by molar-refractivity contribution is 9.10. The molecule has 0 radical (unpaired) electrons. The number of hydrogen-bond acceptors (Lipinski definition) is 6. The molecule has 0 aliphatic heterocycles. The summed E-state index contributed by atoms with van der Waals surface area (Å²) in [6.45, 7) is 4.09. The topological polar surface area (TPSA) is 70.4 Å². The van der Waals surface area contributed by atoms with Gasteiger partial charge in [0.25, 0.3) is 5.56 Å². The molecule has 26 heavy (non-hydrogen) atoms. The van der Waals surface area contributed by atoms with Crippen molar-refractivity contribution in [2.45, 2.75) is 20.4 Å². The van der Waals surface area contributed by atoms with Crippen LogP contribution in [0.4, 0.5) is 0 Å². The average molecular weight is 437 g/mol. The average Bonchev–Trinajstić information content (AvgIpc) is 2.95. The minimum atomic E-state index is -0.424. The first-order valence-electron chi connectivity index (χ1n) is 7.94. The van der Waals surface area contributed by atoms with E-state index in [1.165, 1.54) is 22.2 Å². The summed E-state index contributed by atoms with van der Waals surface area (Å²) in [5, 5.41) is 0.453. The van der Waals surface area contributed by atoms with Crippen LogP contribution in [0.1, 0.15) is 27.7 Å². The van der Waals surface area contributed by atoms with Gasteiger partial charge in [-0.3, -0.25) is 9.36 Å². The van der Waals surface area contributed by atoms with Crippen LogP contribution in [0.25, 0.3) is 10.2 Å². The summed E-state index contributed by atoms with van der Waals surface area (Å²) in [6, 6.07) is 5.62. The lowest BCUT2D eigenvalue weighted by atomic mass is 10.2. The number of carbonyl (C=O) groups excluding carboxylic acids is 1. The number of aromatic nitrogens is 2. The predicted octanol–water partition coefficient (Wildman–Crippen LogP) is 3.76. The van der Waals surface area contributed by atoms with E-state index in [9.17, 15) is 9.59 Å². The highest BCUT2D eigenvalue weighted by atomic mass is 79.9. The van der Waals surface area contributed by atoms with Crippen molar-refractivity contribution in [3.8, 4) is 5.75 Å². The monoisotopic (exact) mass is 436 g/mol. The molecule has 3 aromatic rings. The van der Waals surface area contributed by atoms with E-state index >= 15 is 0 Å². The molecule has 3 rings (SSSR count). The second-order valence-corrected chi connectivity index (χ2v) is 7.51. The van der Waals surface area contributed by atoms with Crippen LogP contribution >= 0.6 is 27.3 Å². The molecular formula is C18H17BrN2O4S. The first kappa shape index (κ1) is 18.6. The molecule has 0 aliphatic carbocycles. The van der Waals surface area contributed by atoms with Gasteiger partial charge in [0.15, 0.2) is 0 Å². The number of thiophene rings is 1. The molecule has 136 valence electrons. The Balaban J connectivity index is 2.08. The standard InChI is InChI=1S/C18H17BrN2O4S/c1-4-25-18(23)15-10(2)14-16(26-15)20-9-21(17(14)22)8-11-7-12(19)5-6-13(11)24-3/h5-7,9H,4,8H2,1-3H3. The van der Waals surface area contributed by atoms with Gasteiger partial charge >= 0.3 is 5.97 Å². The van der Waals surface area contributed by atoms with Crippen LogP contribution in [-0.2, 0) is 11.3 Å². The molecule has 0 saturated carbocycles. The third-order valence-electron chi connectivity index (χ3n) is 3.96. The molecule has 8 heteroatoms. The van der Waals surface area contributed by atoms with Crippen molar-refractivity contribution in [1.29, 1.82) is 0 Å². The number of esters is 1. The van der Waals surface area contributed by atoms with Gasteiger partial charge in [0.2, 0.25) is 0 Å². The molecule has 0 bridgehead atoms. The molecule has 0 N–H and O–H groups in total. The normalized spacial score (nSPS) is 10.9. The quantitative estimate of drug-likeness (QED) is 0.569. The molecule has 2 aromatic heterocycles. The van der Waals surface area contributed by atoms with Gasteiger partial charge in [-0.25, -0.2) is 9.78 Å². The zero-order chi connectivity index (χ0) is 18.8. The summed E-state index contributed by atoms with van der Waals surface area (Å²) in [6.07, 6.45) is 1.50. The Labute approximate surface area is 162 Å². The van der Waals surface area contributed by atoms with Gasteiger partial charge in [-0.2, -0.15) is 0 Å². The van der Waals surface area contributed by atoms with E-state index in [2.05, 4.69) is 20.9 Å². The minimum Gasteiger partial charge on any atom is -0.496 e. The molecule has 1 aromatic carbocycles. The summed E-state index contributed by atoms with van der Waals surface area (Å²) in [5.74, 6) is 0.266. The van der Waals surface area contributed by atoms with E-state index in [0.29, 0.717) is 33.0 Å². The van der Waals surface area contributed by atoms with Gasteiger partial charge < -0.3 is 9.47 Å². The fourth-order valence-electron chi connectivity index (χ4n) is 2.72. The maximum atomic E-state index is 13.0. The molecular weight excluding hydrogens is 420 g/mol. The van der Waals surface area contributed by atoms with Gasteiger partial charge in [0.1, 0.15) is 15.5 Å². The van der Waals surface area contributed by atoms with Crippen LogP contribution in [0.3, 0.4) is 0 Å². The third-order valence-corrected chi connectivity index (χ3v) is 5.63. The van der Waals surface area contributed by atoms with E-state index in [1.807, 2.05) is 18.2 Å². The highest BCUT2D eigenvalue weighted by Gasteiger charge is 2.20. The van der Waals surface area contributed by atoms with Gasteiger partial charge in [0.05, 0.1) is 32.0 Å². The summed E-state index contributed by atoms with van der Waals surface area (Å²) in [4.78, 5) is 30.3. The maximum absolute atomic E-state index is 13.0. The van der Waals surface area contributed by atoms with Crippen molar-refractivity contribution in [3.63, 3.8) is 0 Å². The van der Waals surface area contributed by atoms with Gasteiger partial charge in [-0.15, -0.1) is 11.3 Å². The maximum Gasteiger partial charge on any atom is 0.348 e. The number of methoxy groups -OCH3 is 1. The molecule has 2 heterocycles. The van der Waals surface area contributed by atoms with Gasteiger partial charge in [0, 0.05) is 10.0 Å². The largest absolute Gasteiger partial charge is 0.496 e. The Morgan fingerprint density at radius 2 is 2.15 bits per heavy atom. The van der Waals surface area contributed by atoms with E-state index in [0.717, 1.165) is 10.0 Å². The summed E-state index contributed by atoms with van der Waals surface area (Å²) in [5.41, 5.74) is 1.27. The number of halogens is 1. The first-order valence-corrected chi connectivity index (χ1v) is 9.55. The molecule has 0 unspecified atom stereocenters. The second kappa shape index (κ2) is 7.59. The third kappa shape index (κ3) is 3.39. The van der Waals surface area contributed by atoms with E-state index in [1.54, 1.807) is 21.0 Å². The van der Waals surface area contributed by atoms with Crippen molar-refractivity contribution in [2.24, 2.45) is 0 Å². The number of hydrogen-bond donors (Lipinski definition) is 0. The number of nitrogens with zero attached hydrogens (tertiary/aromatic N) is 2. The molecule has 0 aliphatic rings. The first-order chi connectivity index (χ1) is 12.5. The summed E-state index contributed by atoms with van der Waals surface area (Å²) in [7, 11) is 1.59. The number of aryl methyl sites for hydroxylation is 1. The molecule has 0 fully saturated rings. The van der Waals surface area contributed by atoms with Crippen molar-refractivity contribution in [2.75, 3.05) is 13.7 Å². The lowest BCUT2D eigenvalue weighted by molar-refractivity contribution is 0.0531. The fourth-order valence-corrected chi connectivity index (χ4v) is 4.16. The van der Waals surface area contributed by atoms with Crippen molar-refractivity contribution in [3.05, 3.63) is 55.4 Å². The number of carbonyl (C=O) groups is 1. The smallest absolute Gasteiger partial charge is 0.348 e. The van der Waals surface area contributed by atoms with E-state index in [-0.39, 0.29) is 12.2 Å². The van der Waals surface area contributed by atoms with Crippen molar-refractivity contribution < 1.29 is 14.3 Å². The lowest BCUT2D eigenvalue weighted by Gasteiger charge is -2.11. The van der Waals surface area contributed by atoms with Crippen LogP contribution in [0.2, 0.25) is 0 Å². The van der Waals surface area contributed by atoms with Gasteiger partial charge in [-0.1, -0.05) is 15.9 Å². The summed E-state index contributed by atoms with van der Waals surface area (Å²) < 4.78 is 12.8. The Kier molecular flexibility index (Phi) is 5.43. The SMILES string of the molecule is CCOC(=O)c1sc2ncn(Cc3cc(Br)ccc3OC)c(=O)c2c1C. The van der Waals surface area contributed by atoms with Crippen molar-refractivity contribution >= 4 is 43.5 Å². The predicted molar refractivity (Wildman–Crippen MR) is 104 cm³/mol. The molecule has 6 nitrogen and oxygen atoms in total. The minimum absolute atomic E-state index is 0.193. The molecule has 0 saturated heterocycles. The Morgan fingerprint density at radius 3 is 2.85 bits per heavy atom. The molecule has 0 spiro atoms. The number of benzene rings is 1. The highest BCUT2D eigenvalue weighted by Crippen LogP contribution is 2.28. The fraction of sp³-hybridized carbons (Fsp3) is 0.278. The zero-order valence-electron chi connectivity index (χ0n) is 14.5. The van der Waals surface area contributed by atoms with Gasteiger partial charge in [-0.05, 0) is 37.6 Å². The van der Waals surface area contributed by atoms with Crippen molar-refractivity contribution in [1.82, 2.24) is 9.55 Å². The molecule has 0 amide bonds. The van der Waals surface area contributed by atoms with E-state index < -0.39 is 5.97 Å². The zero-order valence-corrected chi connectivity index (χ0v) is 16.9. The van der Waals surface area contributed by atoms with Crippen LogP contribution in [0, 0.1) is 6.92 Å². The Hall–Kier alpha value is -2.19. The number of fused-ring (bicyclic) bond motifs is 1. The van der Waals surface area contributed by atoms with E-state index in [4.69, 9.17) is 9.47 Å². The lowest BCUT2D eigenvalue weighted by Crippen LogP contribution is -2.21. The number of ether oxygens (including phenoxy) is 2. The molecule has 0 atom stereocenters. The number of rotatable bonds is 5. The van der Waals surface area contributed by atoms with Crippen LogP contribution in [-0.4, -0.2) is 29.2 Å². The van der Waals surface area contributed by atoms with Crippen LogP contribution in [0.5, 0.6) is 5.75 Å². The Morgan fingerprint density at radius 1 is 1.38 bits per heavy atom. The van der Waals surface area contributed by atoms with Crippen LogP contribution < -0.4 is 10.3 Å². The summed E-state index contributed by atoms with van der Waals surface area (Å²) >= 11 is 4.61. The Bertz CT molecular complexity index is 1040.